The van der Waals surface area contributed by atoms with Crippen molar-refractivity contribution < 1.29 is 26.3 Å². The van der Waals surface area contributed by atoms with Crippen molar-refractivity contribution in [1.82, 2.24) is 5.32 Å². The topological polar surface area (TPSA) is 29.1 Å². The maximum Gasteiger partial charge on any atom is 0.219 e. The summed E-state index contributed by atoms with van der Waals surface area (Å²) in [6.07, 6.45) is 16.5. The van der Waals surface area contributed by atoms with Gasteiger partial charge in [0, 0.05) is 19.4 Å². The van der Waals surface area contributed by atoms with Crippen LogP contribution >= 0.6 is 0 Å². The quantitative estimate of drug-likeness (QED) is 0.283. The highest BCUT2D eigenvalue weighted by Crippen LogP contribution is 2.11. The molecule has 0 aromatic rings. The van der Waals surface area contributed by atoms with Gasteiger partial charge in [0.15, 0.2) is 0 Å². The fourth-order valence-electron chi connectivity index (χ4n) is 2.93. The van der Waals surface area contributed by atoms with Gasteiger partial charge in [-0.05, 0) is 13.3 Å². The van der Waals surface area contributed by atoms with Crippen LogP contribution in [0, 0.1) is 0 Å². The first-order chi connectivity index (χ1) is 11.5. The highest BCUT2D eigenvalue weighted by molar-refractivity contribution is 5.75. The van der Waals surface area contributed by atoms with E-state index in [1.807, 2.05) is 0 Å². The summed E-state index contributed by atoms with van der Waals surface area (Å²) in [5.41, 5.74) is 0. The predicted molar refractivity (Wildman–Crippen MR) is 106 cm³/mol. The predicted octanol–water partition coefficient (Wildman–Crippen LogP) is 2.29. The lowest BCUT2D eigenvalue weighted by atomic mass is 10.1. The Bertz CT molecular complexity index is 296. The van der Waals surface area contributed by atoms with Gasteiger partial charge in [0.25, 0.3) is 0 Å². The average molecular weight is 422 g/mol. The number of amides is 1. The Kier molecular flexibility index (Phi) is 20.3. The van der Waals surface area contributed by atoms with Crippen molar-refractivity contribution in [3.63, 3.8) is 0 Å². The molecule has 0 spiro atoms. The molecule has 0 rings (SSSR count). The Morgan fingerprint density at radius 2 is 1.24 bits per heavy atom. The van der Waals surface area contributed by atoms with Gasteiger partial charge in [-0.1, -0.05) is 71.1 Å². The maximum absolute atomic E-state index is 11.8. The Hall–Kier alpha value is -0.0900. The minimum atomic E-state index is 0. The number of carbonyl (C=O) groups is 1. The first-order valence-corrected chi connectivity index (χ1v) is 10.6. The van der Waals surface area contributed by atoms with Gasteiger partial charge < -0.3 is 26.8 Å². The molecule has 1 N–H and O–H groups in total. The summed E-state index contributed by atoms with van der Waals surface area (Å²) < 4.78 is 1.04. The van der Waals surface area contributed by atoms with Crippen LogP contribution < -0.4 is 22.3 Å². The van der Waals surface area contributed by atoms with Gasteiger partial charge in [-0.25, -0.2) is 0 Å². The van der Waals surface area contributed by atoms with Crippen molar-refractivity contribution in [3.8, 4) is 0 Å². The van der Waals surface area contributed by atoms with Crippen LogP contribution in [0.15, 0.2) is 0 Å². The minimum absolute atomic E-state index is 0. The second kappa shape index (κ2) is 18.7. The number of hydrogen-bond donors (Lipinski definition) is 1. The number of carbonyl (C=O) groups excluding carboxylic acids is 1. The van der Waals surface area contributed by atoms with Crippen LogP contribution in [0.1, 0.15) is 97.3 Å². The maximum atomic E-state index is 11.8. The number of rotatable bonds is 17. The second-order valence-electron chi connectivity index (χ2n) is 7.96. The summed E-state index contributed by atoms with van der Waals surface area (Å²) in [5, 5.41) is 3.07. The Labute approximate surface area is 168 Å². The molecule has 0 saturated carbocycles. The highest BCUT2D eigenvalue weighted by atomic mass is 79.9. The third-order valence-electron chi connectivity index (χ3n) is 5.13. The van der Waals surface area contributed by atoms with E-state index in [1.165, 1.54) is 64.2 Å². The zero-order valence-electron chi connectivity index (χ0n) is 17.5. The molecule has 0 radical (unpaired) electrons. The van der Waals surface area contributed by atoms with Crippen LogP contribution in [-0.2, 0) is 4.79 Å². The molecule has 0 atom stereocenters. The second-order valence-corrected chi connectivity index (χ2v) is 7.96. The van der Waals surface area contributed by atoms with Crippen molar-refractivity contribution in [1.29, 1.82) is 0 Å². The fourth-order valence-corrected chi connectivity index (χ4v) is 2.93. The summed E-state index contributed by atoms with van der Waals surface area (Å²) in [6.45, 7) is 7.60. The lowest BCUT2D eigenvalue weighted by molar-refractivity contribution is -0.888. The average Bonchev–Trinajstić information content (AvgIpc) is 2.56. The molecule has 0 heterocycles. The molecule has 0 bridgehead atoms. The van der Waals surface area contributed by atoms with E-state index in [9.17, 15) is 4.79 Å². The molecule has 3 nitrogen and oxygen atoms in total. The fraction of sp³-hybridized carbons (Fsp3) is 0.952. The van der Waals surface area contributed by atoms with Gasteiger partial charge >= 0.3 is 0 Å². The number of quaternary nitrogens is 1. The van der Waals surface area contributed by atoms with E-state index in [2.05, 4.69) is 33.3 Å². The first-order valence-electron chi connectivity index (χ1n) is 10.6. The van der Waals surface area contributed by atoms with Crippen LogP contribution in [0.25, 0.3) is 0 Å². The molecule has 25 heavy (non-hydrogen) atoms. The molecule has 1 amide bonds. The number of hydrogen-bond acceptors (Lipinski definition) is 1. The highest BCUT2D eigenvalue weighted by Gasteiger charge is 2.10. The van der Waals surface area contributed by atoms with Gasteiger partial charge in [-0.15, -0.1) is 0 Å². The monoisotopic (exact) mass is 420 g/mol. The van der Waals surface area contributed by atoms with E-state index < -0.39 is 0 Å². The van der Waals surface area contributed by atoms with Crippen molar-refractivity contribution in [3.05, 3.63) is 0 Å². The third kappa shape index (κ3) is 20.1. The molecule has 0 saturated heterocycles. The zero-order chi connectivity index (χ0) is 18.1. The van der Waals surface area contributed by atoms with Crippen molar-refractivity contribution in [2.24, 2.45) is 0 Å². The third-order valence-corrected chi connectivity index (χ3v) is 5.13. The summed E-state index contributed by atoms with van der Waals surface area (Å²) >= 11 is 0. The molecule has 0 aliphatic carbocycles. The standard InChI is InChI=1S/C21H44N2O.BrH/c1-5-7-8-9-10-11-12-13-14-15-16-18-21(24)22-19-17-20-23(3,4)6-2;/h5-20H2,1-4H3;1H. The molecule has 152 valence electrons. The van der Waals surface area contributed by atoms with Gasteiger partial charge in [-0.3, -0.25) is 4.79 Å². The van der Waals surface area contributed by atoms with Crippen LogP contribution in [0.3, 0.4) is 0 Å². The number of nitrogens with zero attached hydrogens (tertiary/aromatic N) is 1. The van der Waals surface area contributed by atoms with Crippen LogP contribution in [0.5, 0.6) is 0 Å². The van der Waals surface area contributed by atoms with Crippen molar-refractivity contribution >= 4 is 5.91 Å². The van der Waals surface area contributed by atoms with E-state index in [1.54, 1.807) is 0 Å². The summed E-state index contributed by atoms with van der Waals surface area (Å²) in [6, 6.07) is 0. The normalized spacial score (nSPS) is 11.2. The van der Waals surface area contributed by atoms with Gasteiger partial charge in [-0.2, -0.15) is 0 Å². The number of nitrogens with one attached hydrogen (secondary N) is 1. The van der Waals surface area contributed by atoms with Gasteiger partial charge in [0.2, 0.25) is 5.91 Å². The summed E-state index contributed by atoms with van der Waals surface area (Å²) in [5.74, 6) is 0.243. The number of unbranched alkanes of at least 4 members (excludes halogenated alkanes) is 10. The molecule has 0 aliphatic rings. The molecule has 0 aliphatic heterocycles. The lowest BCUT2D eigenvalue weighted by Crippen LogP contribution is -3.00. The van der Waals surface area contributed by atoms with E-state index >= 15 is 0 Å². The SMILES string of the molecule is CCCCCCCCCCCCCC(=O)NCCC[N+](C)(C)CC.[Br-]. The minimum Gasteiger partial charge on any atom is -1.00 e. The molecular weight excluding hydrogens is 376 g/mol. The lowest BCUT2D eigenvalue weighted by Gasteiger charge is -2.28. The number of halogens is 1. The Balaban J connectivity index is 0. The van der Waals surface area contributed by atoms with Crippen LogP contribution in [0.4, 0.5) is 0 Å². The van der Waals surface area contributed by atoms with E-state index in [0.717, 1.165) is 37.0 Å². The molecule has 0 unspecified atom stereocenters. The van der Waals surface area contributed by atoms with Gasteiger partial charge in [0.1, 0.15) is 0 Å². The molecule has 0 fully saturated rings. The summed E-state index contributed by atoms with van der Waals surface area (Å²) in [4.78, 5) is 11.8. The smallest absolute Gasteiger partial charge is 0.219 e. The Morgan fingerprint density at radius 1 is 0.760 bits per heavy atom. The first kappa shape index (κ1) is 27.1. The summed E-state index contributed by atoms with van der Waals surface area (Å²) in [7, 11) is 4.49. The van der Waals surface area contributed by atoms with Crippen LogP contribution in [-0.4, -0.2) is 44.1 Å². The van der Waals surface area contributed by atoms with Gasteiger partial charge in [0.05, 0.1) is 27.2 Å². The molecule has 0 aromatic heterocycles. The Morgan fingerprint density at radius 3 is 1.72 bits per heavy atom. The largest absolute Gasteiger partial charge is 1.00 e. The molecule has 4 heteroatoms. The molecular formula is C21H45BrN2O. The zero-order valence-corrected chi connectivity index (χ0v) is 19.1. The van der Waals surface area contributed by atoms with E-state index in [4.69, 9.17) is 0 Å². The van der Waals surface area contributed by atoms with E-state index in [0.29, 0.717) is 6.42 Å². The van der Waals surface area contributed by atoms with Crippen molar-refractivity contribution in [2.75, 3.05) is 33.7 Å². The van der Waals surface area contributed by atoms with Crippen molar-refractivity contribution in [2.45, 2.75) is 97.3 Å². The molecule has 0 aromatic carbocycles. The van der Waals surface area contributed by atoms with Crippen LogP contribution in [0.2, 0.25) is 0 Å². The van der Waals surface area contributed by atoms with E-state index in [-0.39, 0.29) is 22.9 Å².